The Morgan fingerprint density at radius 1 is 0.640 bits per heavy atom. The lowest BCUT2D eigenvalue weighted by Gasteiger charge is -2.08. The summed E-state index contributed by atoms with van der Waals surface area (Å²) in [5.74, 6) is -2.44. The van der Waals surface area contributed by atoms with Crippen molar-refractivity contribution < 1.29 is 30.0 Å². The van der Waals surface area contributed by atoms with Gasteiger partial charge in [0.2, 0.25) is 0 Å². The highest BCUT2D eigenvalue weighted by Crippen LogP contribution is 2.44. The van der Waals surface area contributed by atoms with Crippen LogP contribution in [0.1, 0.15) is 19.3 Å². The minimum absolute atomic E-state index is 0.0143. The second-order valence-corrected chi connectivity index (χ2v) is 6.23. The topological polar surface area (TPSA) is 115 Å². The van der Waals surface area contributed by atoms with Crippen LogP contribution in [0, 0.1) is 0 Å². The van der Waals surface area contributed by atoms with Crippen LogP contribution in [0.3, 0.4) is 0 Å². The number of thiophene rings is 1. The highest BCUT2D eigenvalue weighted by Gasteiger charge is 2.27. The Kier molecular flexibility index (Phi) is 4.16. The van der Waals surface area contributed by atoms with Gasteiger partial charge in [-0.3, -0.25) is 0 Å². The van der Waals surface area contributed by atoms with Crippen molar-refractivity contribution in [3.63, 3.8) is 0 Å². The Bertz CT molecular complexity index is 876. The molecule has 0 bridgehead atoms. The summed E-state index contributed by atoms with van der Waals surface area (Å²) in [5, 5.41) is 38.0. The van der Waals surface area contributed by atoms with Crippen LogP contribution in [0.4, 0.5) is 0 Å². The lowest BCUT2D eigenvalue weighted by atomic mass is 9.94. The van der Waals surface area contributed by atoms with E-state index in [0.717, 1.165) is 0 Å². The molecule has 0 unspecified atom stereocenters. The molecule has 2 aromatic carbocycles. The molecule has 0 aliphatic heterocycles. The summed E-state index contributed by atoms with van der Waals surface area (Å²) in [5.41, 5.74) is 1.48. The first-order valence-electron chi connectivity index (χ1n) is 7.10. The van der Waals surface area contributed by atoms with Crippen LogP contribution in [0.2, 0.25) is 0 Å². The van der Waals surface area contributed by atoms with Crippen molar-refractivity contribution in [1.29, 1.82) is 0 Å². The molecule has 126 valence electrons. The van der Waals surface area contributed by atoms with Gasteiger partial charge in [0.05, 0.1) is 0 Å². The molecule has 0 saturated carbocycles. The molecule has 3 aromatic rings. The SMILES string of the molecule is O=C(O)c1sc(C(=O)O)c(-c2ccc(O)cc2)c1-c1ccc(O)cc1. The van der Waals surface area contributed by atoms with E-state index in [9.17, 15) is 30.0 Å². The third-order valence-electron chi connectivity index (χ3n) is 3.61. The summed E-state index contributed by atoms with van der Waals surface area (Å²) in [4.78, 5) is 23.1. The number of carbonyl (C=O) groups is 2. The standard InChI is InChI=1S/C18H12O6S/c19-11-5-1-9(2-6-11)13-14(10-3-7-12(20)8-4-10)16(18(23)24)25-15(13)17(21)22/h1-8,19-20H,(H,21,22)(H,23,24). The predicted molar refractivity (Wildman–Crippen MR) is 92.4 cm³/mol. The van der Waals surface area contributed by atoms with E-state index in [1.165, 1.54) is 48.5 Å². The van der Waals surface area contributed by atoms with Crippen LogP contribution < -0.4 is 0 Å². The normalized spacial score (nSPS) is 10.6. The lowest BCUT2D eigenvalue weighted by molar-refractivity contribution is 0.0694. The van der Waals surface area contributed by atoms with Gasteiger partial charge in [-0.25, -0.2) is 9.59 Å². The lowest BCUT2D eigenvalue weighted by Crippen LogP contribution is -1.96. The highest BCUT2D eigenvalue weighted by molar-refractivity contribution is 7.17. The first-order chi connectivity index (χ1) is 11.9. The zero-order chi connectivity index (χ0) is 18.1. The molecule has 4 N–H and O–H groups in total. The number of carboxylic acid groups (broad SMARTS) is 2. The van der Waals surface area contributed by atoms with E-state index < -0.39 is 11.9 Å². The molecule has 3 rings (SSSR count). The molecular weight excluding hydrogens is 344 g/mol. The summed E-state index contributed by atoms with van der Waals surface area (Å²) >= 11 is 0.676. The van der Waals surface area contributed by atoms with E-state index in [4.69, 9.17) is 0 Å². The van der Waals surface area contributed by atoms with Gasteiger partial charge in [0, 0.05) is 11.1 Å². The van der Waals surface area contributed by atoms with E-state index in [-0.39, 0.29) is 32.4 Å². The van der Waals surface area contributed by atoms with Gasteiger partial charge in [-0.15, -0.1) is 11.3 Å². The molecule has 25 heavy (non-hydrogen) atoms. The highest BCUT2D eigenvalue weighted by atomic mass is 32.1. The summed E-state index contributed by atoms with van der Waals surface area (Å²) in [6.07, 6.45) is 0. The molecule has 0 fully saturated rings. The third kappa shape index (κ3) is 3.05. The van der Waals surface area contributed by atoms with Crippen LogP contribution in [0.5, 0.6) is 11.5 Å². The number of benzene rings is 2. The van der Waals surface area contributed by atoms with E-state index >= 15 is 0 Å². The van der Waals surface area contributed by atoms with Crippen molar-refractivity contribution in [2.45, 2.75) is 0 Å². The second kappa shape index (κ2) is 6.29. The largest absolute Gasteiger partial charge is 0.508 e. The average molecular weight is 356 g/mol. The fourth-order valence-corrected chi connectivity index (χ4v) is 3.56. The quantitative estimate of drug-likeness (QED) is 0.564. The van der Waals surface area contributed by atoms with Gasteiger partial charge in [-0.05, 0) is 35.4 Å². The van der Waals surface area contributed by atoms with E-state index in [0.29, 0.717) is 22.5 Å². The fourth-order valence-electron chi connectivity index (χ4n) is 2.54. The molecule has 0 atom stereocenters. The average Bonchev–Trinajstić information content (AvgIpc) is 2.97. The molecule has 1 aromatic heterocycles. The van der Waals surface area contributed by atoms with Gasteiger partial charge in [-0.2, -0.15) is 0 Å². The Morgan fingerprint density at radius 3 is 1.24 bits per heavy atom. The van der Waals surface area contributed by atoms with Crippen LogP contribution >= 0.6 is 11.3 Å². The number of aromatic hydroxyl groups is 2. The molecule has 0 aliphatic rings. The summed E-state index contributed by atoms with van der Waals surface area (Å²) in [6.45, 7) is 0. The molecule has 0 amide bonds. The number of phenols is 2. The monoisotopic (exact) mass is 356 g/mol. The number of aromatic carboxylic acids is 2. The molecule has 0 spiro atoms. The van der Waals surface area contributed by atoms with Crippen molar-refractivity contribution in [2.24, 2.45) is 0 Å². The Labute approximate surface area is 145 Å². The number of rotatable bonds is 4. The van der Waals surface area contributed by atoms with Gasteiger partial charge >= 0.3 is 11.9 Å². The van der Waals surface area contributed by atoms with Gasteiger partial charge in [0.1, 0.15) is 21.3 Å². The maximum absolute atomic E-state index is 11.7. The molecule has 0 aliphatic carbocycles. The van der Waals surface area contributed by atoms with Crippen molar-refractivity contribution in [3.05, 3.63) is 58.3 Å². The molecular formula is C18H12O6S. The first-order valence-corrected chi connectivity index (χ1v) is 7.92. The molecule has 0 radical (unpaired) electrons. The van der Waals surface area contributed by atoms with Crippen LogP contribution in [-0.2, 0) is 0 Å². The Hall–Kier alpha value is -3.32. The second-order valence-electron chi connectivity index (χ2n) is 5.21. The van der Waals surface area contributed by atoms with Crippen LogP contribution in [0.25, 0.3) is 22.3 Å². The number of hydrogen-bond donors (Lipinski definition) is 4. The van der Waals surface area contributed by atoms with Crippen molar-refractivity contribution in [1.82, 2.24) is 0 Å². The summed E-state index contributed by atoms with van der Waals surface area (Å²) in [7, 11) is 0. The van der Waals surface area contributed by atoms with Gasteiger partial charge in [0.15, 0.2) is 0 Å². The Morgan fingerprint density at radius 2 is 0.960 bits per heavy atom. The number of carboxylic acids is 2. The third-order valence-corrected chi connectivity index (χ3v) is 4.77. The molecule has 7 heteroatoms. The van der Waals surface area contributed by atoms with Crippen molar-refractivity contribution in [3.8, 4) is 33.8 Å². The number of phenolic OH excluding ortho intramolecular Hbond substituents is 2. The van der Waals surface area contributed by atoms with Gasteiger partial charge < -0.3 is 20.4 Å². The summed E-state index contributed by atoms with van der Waals surface area (Å²) < 4.78 is 0. The van der Waals surface area contributed by atoms with Crippen LogP contribution in [-0.4, -0.2) is 32.4 Å². The Balaban J connectivity index is 2.37. The maximum atomic E-state index is 11.7. The van der Waals surface area contributed by atoms with E-state index in [1.807, 2.05) is 0 Å². The van der Waals surface area contributed by atoms with Crippen molar-refractivity contribution in [2.75, 3.05) is 0 Å². The van der Waals surface area contributed by atoms with Crippen molar-refractivity contribution >= 4 is 23.3 Å². The van der Waals surface area contributed by atoms with Gasteiger partial charge in [0.25, 0.3) is 0 Å². The molecule has 0 saturated heterocycles. The van der Waals surface area contributed by atoms with Crippen LogP contribution in [0.15, 0.2) is 48.5 Å². The zero-order valence-corrected chi connectivity index (χ0v) is 13.4. The molecule has 6 nitrogen and oxygen atoms in total. The minimum Gasteiger partial charge on any atom is -0.508 e. The molecule has 1 heterocycles. The fraction of sp³-hybridized carbons (Fsp3) is 0. The zero-order valence-electron chi connectivity index (χ0n) is 12.6. The van der Waals surface area contributed by atoms with E-state index in [1.54, 1.807) is 0 Å². The maximum Gasteiger partial charge on any atom is 0.346 e. The first kappa shape index (κ1) is 16.5. The predicted octanol–water partition coefficient (Wildman–Crippen LogP) is 3.89. The minimum atomic E-state index is -1.24. The summed E-state index contributed by atoms with van der Waals surface area (Å²) in [6, 6.07) is 11.7. The van der Waals surface area contributed by atoms with Gasteiger partial charge in [-0.1, -0.05) is 24.3 Å². The smallest absolute Gasteiger partial charge is 0.346 e. The number of hydrogen-bond acceptors (Lipinski definition) is 5. The van der Waals surface area contributed by atoms with E-state index in [2.05, 4.69) is 0 Å².